The molecule has 58 heavy (non-hydrogen) atoms. The second-order valence-electron chi connectivity index (χ2n) is 17.5. The molecule has 2 N–H and O–H groups in total. The third kappa shape index (κ3) is 8.68. The van der Waals surface area contributed by atoms with Gasteiger partial charge < -0.3 is 29.4 Å². The summed E-state index contributed by atoms with van der Waals surface area (Å²) in [7, 11) is 21.0. The van der Waals surface area contributed by atoms with Crippen molar-refractivity contribution in [3.05, 3.63) is 109 Å². The topological polar surface area (TPSA) is 98.2 Å². The first kappa shape index (κ1) is 40.0. The molecular formula is C46H56N10O2+4. The van der Waals surface area contributed by atoms with Gasteiger partial charge >= 0.3 is 0 Å². The van der Waals surface area contributed by atoms with E-state index in [1.165, 1.54) is 0 Å². The fraction of sp³-hybridized carbons (Fsp3) is 0.304. The van der Waals surface area contributed by atoms with Gasteiger partial charge in [-0.1, -0.05) is 24.3 Å². The Morgan fingerprint density at radius 2 is 0.966 bits per heavy atom. The van der Waals surface area contributed by atoms with E-state index in [0.717, 1.165) is 79.1 Å². The van der Waals surface area contributed by atoms with Crippen molar-refractivity contribution < 1.29 is 27.7 Å². The number of likely N-dealkylation sites (N-methyl/N-ethyl adjacent to an activating group) is 4. The van der Waals surface area contributed by atoms with Crippen LogP contribution in [0.5, 0.6) is 0 Å². The summed E-state index contributed by atoms with van der Waals surface area (Å²) in [4.78, 5) is 43.1. The predicted octanol–water partition coefficient (Wildman–Crippen LogP) is 5.53. The first-order valence-corrected chi connectivity index (χ1v) is 19.7. The van der Waals surface area contributed by atoms with Crippen molar-refractivity contribution in [3.8, 4) is 0 Å². The van der Waals surface area contributed by atoms with Crippen molar-refractivity contribution in [3.63, 3.8) is 0 Å². The van der Waals surface area contributed by atoms with Crippen LogP contribution in [0.4, 0.5) is 22.7 Å². The molecule has 4 aromatic heterocycles. The molecule has 0 radical (unpaired) electrons. The molecule has 7 rings (SSSR count). The number of pyridine rings is 4. The maximum Gasteiger partial charge on any atom is 0.274 e. The highest BCUT2D eigenvalue weighted by molar-refractivity contribution is 6.15. The number of carbonyl (C=O) groups is 2. The minimum atomic E-state index is -0.339. The van der Waals surface area contributed by atoms with Gasteiger partial charge in [0.1, 0.15) is 36.9 Å². The summed E-state index contributed by atoms with van der Waals surface area (Å²) in [5.74, 6) is -0.678. The molecule has 298 valence electrons. The molecule has 0 saturated heterocycles. The zero-order valence-corrected chi connectivity index (χ0v) is 35.5. The number of aromatic nitrogens is 4. The van der Waals surface area contributed by atoms with E-state index in [1.807, 2.05) is 123 Å². The molecule has 0 unspecified atom stereocenters. The van der Waals surface area contributed by atoms with Crippen LogP contribution in [0, 0.1) is 0 Å². The molecule has 2 amide bonds. The Morgan fingerprint density at radius 1 is 0.586 bits per heavy atom. The van der Waals surface area contributed by atoms with E-state index in [4.69, 9.17) is 9.97 Å². The van der Waals surface area contributed by atoms with Gasteiger partial charge in [0.25, 0.3) is 11.8 Å². The van der Waals surface area contributed by atoms with E-state index >= 15 is 0 Å². The summed E-state index contributed by atoms with van der Waals surface area (Å²) in [6.07, 6.45) is 3.82. The summed E-state index contributed by atoms with van der Waals surface area (Å²) in [5.41, 5.74) is 6.75. The van der Waals surface area contributed by atoms with Crippen LogP contribution in [0.15, 0.2) is 97.3 Å². The second kappa shape index (κ2) is 15.6. The number of hydrogen-bond acceptors (Lipinski definition) is 6. The quantitative estimate of drug-likeness (QED) is 0.0963. The Bertz CT molecular complexity index is 2530. The van der Waals surface area contributed by atoms with Crippen molar-refractivity contribution in [2.75, 3.05) is 103 Å². The van der Waals surface area contributed by atoms with Gasteiger partial charge in [-0.3, -0.25) is 9.59 Å². The maximum atomic E-state index is 14.3. The molecule has 0 aliphatic carbocycles. The zero-order valence-electron chi connectivity index (χ0n) is 35.5. The molecule has 0 spiro atoms. The molecular weight excluding hydrogens is 725 g/mol. The van der Waals surface area contributed by atoms with Crippen LogP contribution in [0.2, 0.25) is 0 Å². The first-order valence-electron chi connectivity index (χ1n) is 19.7. The number of quaternary nitrogens is 2. The SMILES string of the molecule is CN(CC[N+](C)(C)C)c1cc(C(=O)Nc2cc3ccccc3[n+](C)c2)nc2c1ccc1c(N(C)CC[N+](C)(C)C)cc(C(=O)Nc3cc4ccccc4[n+](C)c3)nc12. The third-order valence-corrected chi connectivity index (χ3v) is 10.7. The number of carbonyl (C=O) groups excluding carboxylic acids is 2. The molecule has 4 heterocycles. The second-order valence-corrected chi connectivity index (χ2v) is 17.5. The normalized spacial score (nSPS) is 12.0. The summed E-state index contributed by atoms with van der Waals surface area (Å²) < 4.78 is 5.56. The average Bonchev–Trinajstić information content (AvgIpc) is 3.17. The van der Waals surface area contributed by atoms with Crippen molar-refractivity contribution in [2.45, 2.75) is 0 Å². The summed E-state index contributed by atoms with van der Waals surface area (Å²) >= 11 is 0. The number of para-hydroxylation sites is 2. The predicted molar refractivity (Wildman–Crippen MR) is 236 cm³/mol. The first-order chi connectivity index (χ1) is 27.4. The Hall–Kier alpha value is -6.24. The van der Waals surface area contributed by atoms with Gasteiger partial charge in [-0.05, 0) is 48.5 Å². The van der Waals surface area contributed by atoms with Crippen molar-refractivity contribution in [1.82, 2.24) is 9.97 Å². The Labute approximate surface area is 340 Å². The maximum absolute atomic E-state index is 14.3. The number of benzene rings is 3. The number of aryl methyl sites for hydroxylation is 2. The molecule has 0 fully saturated rings. The van der Waals surface area contributed by atoms with Crippen LogP contribution in [0.1, 0.15) is 21.0 Å². The Kier molecular flexibility index (Phi) is 10.8. The number of hydrogen-bond donors (Lipinski definition) is 2. The number of rotatable bonds is 12. The van der Waals surface area contributed by atoms with E-state index in [9.17, 15) is 9.59 Å². The van der Waals surface area contributed by atoms with Gasteiger partial charge in [0.2, 0.25) is 11.0 Å². The van der Waals surface area contributed by atoms with Crippen LogP contribution >= 0.6 is 0 Å². The van der Waals surface area contributed by atoms with Gasteiger partial charge in [-0.25, -0.2) is 9.97 Å². The molecule has 0 bridgehead atoms. The summed E-state index contributed by atoms with van der Waals surface area (Å²) in [6, 6.07) is 27.9. The monoisotopic (exact) mass is 780 g/mol. The zero-order chi connectivity index (χ0) is 41.5. The van der Waals surface area contributed by atoms with E-state index < -0.39 is 0 Å². The van der Waals surface area contributed by atoms with E-state index in [2.05, 4.69) is 74.9 Å². The van der Waals surface area contributed by atoms with Crippen LogP contribution in [0.25, 0.3) is 43.6 Å². The third-order valence-electron chi connectivity index (χ3n) is 10.7. The van der Waals surface area contributed by atoms with Crippen molar-refractivity contribution >= 4 is 78.2 Å². The van der Waals surface area contributed by atoms with Gasteiger partial charge in [0.15, 0.2) is 12.4 Å². The number of fused-ring (bicyclic) bond motifs is 5. The minimum absolute atomic E-state index is 0.253. The molecule has 12 nitrogen and oxygen atoms in total. The van der Waals surface area contributed by atoms with Crippen molar-refractivity contribution in [1.29, 1.82) is 0 Å². The van der Waals surface area contributed by atoms with Crippen LogP contribution in [0.3, 0.4) is 0 Å². The standard InChI is InChI=1S/C46H54N10O2/c1-51(21-23-55(5,6)7)41-27-37(45(57)47-33-25-31-15-11-13-17-39(31)53(3)29-33)49-43-35(41)19-20-36-42(52(2)22-24-56(8,9)10)28-38(50-44(36)43)46(58)48-34-26-32-16-12-14-18-40(32)54(4)30-34/h11-20,25-30H,21-24H2,1-10H3/q+2/p+2. The highest BCUT2D eigenvalue weighted by Crippen LogP contribution is 2.36. The summed E-state index contributed by atoms with van der Waals surface area (Å²) in [6.45, 7) is 3.22. The van der Waals surface area contributed by atoms with E-state index in [0.29, 0.717) is 22.4 Å². The lowest BCUT2D eigenvalue weighted by atomic mass is 10.0. The van der Waals surface area contributed by atoms with Gasteiger partial charge in [0, 0.05) is 59.1 Å². The van der Waals surface area contributed by atoms with Gasteiger partial charge in [-0.2, -0.15) is 9.13 Å². The Morgan fingerprint density at radius 3 is 1.34 bits per heavy atom. The lowest BCUT2D eigenvalue weighted by Crippen LogP contribution is -2.41. The fourth-order valence-corrected chi connectivity index (χ4v) is 7.30. The molecule has 0 aliphatic rings. The molecule has 12 heteroatoms. The largest absolute Gasteiger partial charge is 0.368 e. The van der Waals surface area contributed by atoms with Gasteiger partial charge in [0.05, 0.1) is 79.5 Å². The minimum Gasteiger partial charge on any atom is -0.368 e. The van der Waals surface area contributed by atoms with Crippen LogP contribution in [-0.4, -0.2) is 113 Å². The van der Waals surface area contributed by atoms with E-state index in [1.54, 1.807) is 0 Å². The Balaban J connectivity index is 1.39. The molecule has 0 aliphatic heterocycles. The highest BCUT2D eigenvalue weighted by Gasteiger charge is 2.24. The molecule has 3 aromatic carbocycles. The van der Waals surface area contributed by atoms with Gasteiger partial charge in [-0.15, -0.1) is 0 Å². The fourth-order valence-electron chi connectivity index (χ4n) is 7.30. The lowest BCUT2D eigenvalue weighted by Gasteiger charge is -2.29. The average molecular weight is 781 g/mol. The number of nitrogens with zero attached hydrogens (tertiary/aromatic N) is 8. The number of nitrogens with one attached hydrogen (secondary N) is 2. The molecule has 0 saturated carbocycles. The van der Waals surface area contributed by atoms with Crippen LogP contribution in [-0.2, 0) is 14.1 Å². The van der Waals surface area contributed by atoms with Crippen LogP contribution < -0.4 is 29.6 Å². The smallest absolute Gasteiger partial charge is 0.274 e. The molecule has 7 aromatic rings. The molecule has 0 atom stereocenters. The lowest BCUT2D eigenvalue weighted by molar-refractivity contribution is -0.868. The van der Waals surface area contributed by atoms with E-state index in [-0.39, 0.29) is 23.2 Å². The highest BCUT2D eigenvalue weighted by atomic mass is 16.2. The number of amides is 2. The van der Waals surface area contributed by atoms with Crippen molar-refractivity contribution in [2.24, 2.45) is 14.1 Å². The number of anilines is 4. The summed E-state index contributed by atoms with van der Waals surface area (Å²) in [5, 5.41) is 9.95.